The summed E-state index contributed by atoms with van der Waals surface area (Å²) in [6, 6.07) is 0. The highest BCUT2D eigenvalue weighted by Gasteiger charge is 2.30. The van der Waals surface area contributed by atoms with E-state index in [0.717, 1.165) is 5.56 Å². The molecule has 0 saturated heterocycles. The highest BCUT2D eigenvalue weighted by atomic mass is 32.2. The number of nitrogens with two attached hydrogens (primary N) is 1. The lowest BCUT2D eigenvalue weighted by molar-refractivity contribution is 0.0556. The van der Waals surface area contributed by atoms with Crippen LogP contribution in [0.25, 0.3) is 0 Å². The third-order valence-corrected chi connectivity index (χ3v) is 3.63. The Morgan fingerprint density at radius 3 is 2.35 bits per heavy atom. The smallest absolute Gasteiger partial charge is 0.214 e. The van der Waals surface area contributed by atoms with Crippen LogP contribution in [-0.2, 0) is 14.8 Å². The van der Waals surface area contributed by atoms with E-state index in [4.69, 9.17) is 9.88 Å². The number of hydrogen-bond acceptors (Lipinski definition) is 5. The maximum absolute atomic E-state index is 11.3. The molecule has 2 atom stereocenters. The molecule has 0 bridgehead atoms. The second-order valence-corrected chi connectivity index (χ2v) is 5.71. The van der Waals surface area contributed by atoms with Crippen molar-refractivity contribution in [1.82, 2.24) is 9.97 Å². The van der Waals surface area contributed by atoms with Gasteiger partial charge in [-0.05, 0) is 26.3 Å². The van der Waals surface area contributed by atoms with Crippen LogP contribution in [0.1, 0.15) is 31.3 Å². The third-order valence-electron chi connectivity index (χ3n) is 2.35. The molecule has 0 fully saturated rings. The van der Waals surface area contributed by atoms with Crippen LogP contribution in [0.3, 0.4) is 0 Å². The van der Waals surface area contributed by atoms with Crippen molar-refractivity contribution in [3.8, 4) is 0 Å². The van der Waals surface area contributed by atoms with E-state index in [2.05, 4.69) is 9.97 Å². The molecule has 0 amide bonds. The Labute approximate surface area is 101 Å². The molecule has 1 aromatic heterocycles. The molecule has 1 heterocycles. The number of rotatable bonds is 5. The highest BCUT2D eigenvalue weighted by molar-refractivity contribution is 7.89. The second kappa shape index (κ2) is 5.52. The van der Waals surface area contributed by atoms with Crippen molar-refractivity contribution in [2.75, 3.05) is 6.61 Å². The van der Waals surface area contributed by atoms with E-state index in [1.165, 1.54) is 6.92 Å². The lowest BCUT2D eigenvalue weighted by Gasteiger charge is -2.20. The van der Waals surface area contributed by atoms with Gasteiger partial charge in [0.05, 0.1) is 0 Å². The van der Waals surface area contributed by atoms with Gasteiger partial charge in [-0.15, -0.1) is 0 Å². The van der Waals surface area contributed by atoms with Gasteiger partial charge in [0.2, 0.25) is 10.0 Å². The van der Waals surface area contributed by atoms with E-state index in [9.17, 15) is 8.42 Å². The van der Waals surface area contributed by atoms with Crippen molar-refractivity contribution in [2.24, 2.45) is 5.14 Å². The van der Waals surface area contributed by atoms with Crippen LogP contribution in [0.5, 0.6) is 0 Å². The van der Waals surface area contributed by atoms with Gasteiger partial charge in [0.1, 0.15) is 11.4 Å². The Hall–Kier alpha value is -1.05. The van der Waals surface area contributed by atoms with E-state index < -0.39 is 21.4 Å². The van der Waals surface area contributed by atoms with Crippen molar-refractivity contribution in [2.45, 2.75) is 32.1 Å². The average Bonchev–Trinajstić information content (AvgIpc) is 2.25. The lowest BCUT2D eigenvalue weighted by Crippen LogP contribution is -2.33. The van der Waals surface area contributed by atoms with Crippen LogP contribution < -0.4 is 5.14 Å². The van der Waals surface area contributed by atoms with Crippen molar-refractivity contribution in [3.63, 3.8) is 0 Å². The molecule has 17 heavy (non-hydrogen) atoms. The minimum atomic E-state index is -3.69. The molecule has 0 saturated carbocycles. The molecule has 96 valence electrons. The summed E-state index contributed by atoms with van der Waals surface area (Å²) in [5.74, 6) is 0.332. The maximum atomic E-state index is 11.3. The monoisotopic (exact) mass is 259 g/mol. The zero-order valence-corrected chi connectivity index (χ0v) is 10.9. The molecule has 0 unspecified atom stereocenters. The fraction of sp³-hybridized carbons (Fsp3) is 0.600. The van der Waals surface area contributed by atoms with Gasteiger partial charge in [-0.3, -0.25) is 0 Å². The number of ether oxygens (including phenoxy) is 1. The Morgan fingerprint density at radius 2 is 1.94 bits per heavy atom. The minimum Gasteiger partial charge on any atom is -0.369 e. The molecule has 0 spiro atoms. The number of aryl methyl sites for hydroxylation is 1. The summed E-state index contributed by atoms with van der Waals surface area (Å²) in [5.41, 5.74) is 0.896. The summed E-state index contributed by atoms with van der Waals surface area (Å²) in [6.07, 6.45) is 2.49. The van der Waals surface area contributed by atoms with Crippen LogP contribution in [0.15, 0.2) is 12.4 Å². The van der Waals surface area contributed by atoms with Gasteiger partial charge in [-0.25, -0.2) is 23.5 Å². The number of aromatic nitrogens is 2. The molecule has 0 aliphatic carbocycles. The number of nitrogens with zero attached hydrogens (tertiary/aromatic N) is 2. The van der Waals surface area contributed by atoms with Gasteiger partial charge >= 0.3 is 0 Å². The van der Waals surface area contributed by atoms with Crippen LogP contribution in [0, 0.1) is 6.92 Å². The molecule has 0 aliphatic heterocycles. The first-order chi connectivity index (χ1) is 7.86. The van der Waals surface area contributed by atoms with Crippen LogP contribution >= 0.6 is 0 Å². The zero-order valence-electron chi connectivity index (χ0n) is 10.1. The minimum absolute atomic E-state index is 0.332. The Bertz CT molecular complexity index is 458. The van der Waals surface area contributed by atoms with Crippen LogP contribution in [0.4, 0.5) is 0 Å². The second-order valence-electron chi connectivity index (χ2n) is 3.79. The zero-order chi connectivity index (χ0) is 13.1. The van der Waals surface area contributed by atoms with E-state index in [-0.39, 0.29) is 0 Å². The van der Waals surface area contributed by atoms with E-state index in [1.807, 2.05) is 6.92 Å². The number of sulfonamides is 1. The average molecular weight is 259 g/mol. The quantitative estimate of drug-likeness (QED) is 0.832. The Balaban J connectivity index is 3.05. The van der Waals surface area contributed by atoms with Crippen molar-refractivity contribution in [3.05, 3.63) is 23.8 Å². The molecule has 2 N–H and O–H groups in total. The maximum Gasteiger partial charge on any atom is 0.214 e. The molecule has 6 nitrogen and oxygen atoms in total. The van der Waals surface area contributed by atoms with E-state index in [0.29, 0.717) is 12.4 Å². The SMILES string of the molecule is CCO[C@H](c1ncc(C)cn1)[C@H](C)S(N)(=O)=O. The summed E-state index contributed by atoms with van der Waals surface area (Å²) in [6.45, 7) is 5.47. The predicted octanol–water partition coefficient (Wildman–Crippen LogP) is 0.540. The molecular formula is C10H17N3O3S. The number of hydrogen-bond donors (Lipinski definition) is 1. The van der Waals surface area contributed by atoms with E-state index in [1.54, 1.807) is 19.3 Å². The first-order valence-corrected chi connectivity index (χ1v) is 6.89. The summed E-state index contributed by atoms with van der Waals surface area (Å²) < 4.78 is 28.0. The Kier molecular flexibility index (Phi) is 4.55. The lowest BCUT2D eigenvalue weighted by atomic mass is 10.2. The molecule has 0 aliphatic rings. The van der Waals surface area contributed by atoms with Gasteiger partial charge < -0.3 is 4.74 Å². The van der Waals surface area contributed by atoms with Gasteiger partial charge in [0.25, 0.3) is 0 Å². The Morgan fingerprint density at radius 1 is 1.41 bits per heavy atom. The fourth-order valence-electron chi connectivity index (χ4n) is 1.32. The van der Waals surface area contributed by atoms with Gasteiger partial charge in [-0.1, -0.05) is 0 Å². The first kappa shape index (κ1) is 14.0. The van der Waals surface area contributed by atoms with Gasteiger partial charge in [0, 0.05) is 19.0 Å². The number of primary sulfonamides is 1. The molecule has 0 radical (unpaired) electrons. The molecule has 0 aromatic carbocycles. The largest absolute Gasteiger partial charge is 0.369 e. The van der Waals surface area contributed by atoms with Gasteiger partial charge in [0.15, 0.2) is 5.82 Å². The molecule has 1 rings (SSSR count). The highest BCUT2D eigenvalue weighted by Crippen LogP contribution is 2.21. The molecule has 1 aromatic rings. The summed E-state index contributed by atoms with van der Waals surface area (Å²) in [5, 5.41) is 4.23. The third kappa shape index (κ3) is 3.72. The first-order valence-electron chi connectivity index (χ1n) is 5.28. The summed E-state index contributed by atoms with van der Waals surface area (Å²) in [7, 11) is -3.69. The molecular weight excluding hydrogens is 242 g/mol. The van der Waals surface area contributed by atoms with Crippen LogP contribution in [-0.4, -0.2) is 30.2 Å². The van der Waals surface area contributed by atoms with Crippen LogP contribution in [0.2, 0.25) is 0 Å². The van der Waals surface area contributed by atoms with Crippen molar-refractivity contribution in [1.29, 1.82) is 0 Å². The molecule has 7 heteroatoms. The topological polar surface area (TPSA) is 95.2 Å². The fourth-order valence-corrected chi connectivity index (χ4v) is 1.87. The summed E-state index contributed by atoms with van der Waals surface area (Å²) in [4.78, 5) is 8.15. The predicted molar refractivity (Wildman–Crippen MR) is 63.7 cm³/mol. The van der Waals surface area contributed by atoms with Crippen molar-refractivity contribution >= 4 is 10.0 Å². The van der Waals surface area contributed by atoms with Gasteiger partial charge in [-0.2, -0.15) is 0 Å². The van der Waals surface area contributed by atoms with E-state index >= 15 is 0 Å². The summed E-state index contributed by atoms with van der Waals surface area (Å²) >= 11 is 0. The normalized spacial score (nSPS) is 15.5. The standard InChI is InChI=1S/C10H17N3O3S/c1-4-16-9(8(3)17(11,14)15)10-12-5-7(2)6-13-10/h5-6,8-9H,4H2,1-3H3,(H2,11,14,15)/t8-,9-/m0/s1. The van der Waals surface area contributed by atoms with Crippen molar-refractivity contribution < 1.29 is 13.2 Å².